The minimum absolute atomic E-state index is 0.00174. The normalized spacial score (nSPS) is 17.4. The number of amides is 2. The molecule has 5 nitrogen and oxygen atoms in total. The number of rotatable bonds is 4. The Labute approximate surface area is 132 Å². The number of nitrogens with zero attached hydrogens (tertiary/aromatic N) is 1. The maximum absolute atomic E-state index is 12.4. The lowest BCUT2D eigenvalue weighted by Gasteiger charge is -2.26. The van der Waals surface area contributed by atoms with Gasteiger partial charge in [0.15, 0.2) is 0 Å². The summed E-state index contributed by atoms with van der Waals surface area (Å²) < 4.78 is 0. The second-order valence-corrected chi connectivity index (χ2v) is 5.88. The Morgan fingerprint density at radius 2 is 1.64 bits per heavy atom. The Bertz CT molecular complexity index is 522. The van der Waals surface area contributed by atoms with Gasteiger partial charge >= 0.3 is 0 Å². The molecule has 0 radical (unpaired) electrons. The zero-order valence-electron chi connectivity index (χ0n) is 13.4. The first-order valence-electron chi connectivity index (χ1n) is 7.99. The van der Waals surface area contributed by atoms with Crippen molar-refractivity contribution in [3.8, 4) is 0 Å². The third-order valence-corrected chi connectivity index (χ3v) is 4.02. The van der Waals surface area contributed by atoms with Gasteiger partial charge in [0.1, 0.15) is 0 Å². The van der Waals surface area contributed by atoms with Crippen LogP contribution in [0.1, 0.15) is 39.5 Å². The number of hydrogen-bond donors (Lipinski definition) is 2. The molecule has 1 heterocycles. The van der Waals surface area contributed by atoms with E-state index < -0.39 is 0 Å². The first-order chi connectivity index (χ1) is 10.6. The first kappa shape index (κ1) is 16.5. The summed E-state index contributed by atoms with van der Waals surface area (Å²) in [6, 6.07) is 7.09. The zero-order chi connectivity index (χ0) is 15.9. The first-order valence-corrected chi connectivity index (χ1v) is 7.99. The van der Waals surface area contributed by atoms with E-state index in [-0.39, 0.29) is 17.9 Å². The monoisotopic (exact) mass is 303 g/mol. The van der Waals surface area contributed by atoms with Crippen molar-refractivity contribution >= 4 is 23.2 Å². The van der Waals surface area contributed by atoms with Crippen molar-refractivity contribution in [3.05, 3.63) is 24.3 Å². The molecule has 2 amide bonds. The molecule has 0 aromatic heterocycles. The van der Waals surface area contributed by atoms with E-state index in [2.05, 4.69) is 15.5 Å². The Kier molecular flexibility index (Phi) is 5.95. The van der Waals surface area contributed by atoms with Crippen molar-refractivity contribution in [2.24, 2.45) is 0 Å². The van der Waals surface area contributed by atoms with Crippen molar-refractivity contribution in [2.45, 2.75) is 45.6 Å². The van der Waals surface area contributed by atoms with Crippen LogP contribution in [0, 0.1) is 0 Å². The van der Waals surface area contributed by atoms with Gasteiger partial charge in [-0.1, -0.05) is 18.9 Å². The molecule has 5 heteroatoms. The fourth-order valence-electron chi connectivity index (χ4n) is 2.77. The molecule has 1 aliphatic rings. The smallest absolute Gasteiger partial charge is 0.241 e. The quantitative estimate of drug-likeness (QED) is 0.899. The van der Waals surface area contributed by atoms with Crippen LogP contribution in [-0.2, 0) is 9.59 Å². The lowest BCUT2D eigenvalue weighted by atomic mass is 10.2. The van der Waals surface area contributed by atoms with E-state index in [1.54, 1.807) is 12.1 Å². The summed E-state index contributed by atoms with van der Waals surface area (Å²) in [6.07, 6.45) is 4.83. The van der Waals surface area contributed by atoms with Crippen LogP contribution in [0.2, 0.25) is 0 Å². The summed E-state index contributed by atoms with van der Waals surface area (Å²) in [5.74, 6) is -0.122. The van der Waals surface area contributed by atoms with Crippen molar-refractivity contribution in [1.29, 1.82) is 0 Å². The number of likely N-dealkylation sites (tertiary alicyclic amines) is 1. The van der Waals surface area contributed by atoms with Gasteiger partial charge in [-0.15, -0.1) is 0 Å². The highest BCUT2D eigenvalue weighted by Crippen LogP contribution is 2.17. The molecule has 2 N–H and O–H groups in total. The molecule has 0 spiro atoms. The molecule has 1 aromatic rings. The van der Waals surface area contributed by atoms with Crippen LogP contribution in [-0.4, -0.2) is 35.8 Å². The molecule has 0 aliphatic carbocycles. The molecule has 1 unspecified atom stereocenters. The van der Waals surface area contributed by atoms with Gasteiger partial charge in [0.2, 0.25) is 11.8 Å². The largest absolute Gasteiger partial charge is 0.326 e. The Balaban J connectivity index is 1.96. The molecule has 0 bridgehead atoms. The van der Waals surface area contributed by atoms with Gasteiger partial charge < -0.3 is 10.6 Å². The fraction of sp³-hybridized carbons (Fsp3) is 0.529. The van der Waals surface area contributed by atoms with E-state index in [4.69, 9.17) is 0 Å². The van der Waals surface area contributed by atoms with E-state index in [9.17, 15) is 9.59 Å². The molecule has 0 saturated carbocycles. The third-order valence-electron chi connectivity index (χ3n) is 4.02. The molecule has 1 saturated heterocycles. The summed E-state index contributed by atoms with van der Waals surface area (Å²) in [5.41, 5.74) is 1.39. The van der Waals surface area contributed by atoms with Crippen LogP contribution in [0.5, 0.6) is 0 Å². The van der Waals surface area contributed by atoms with Crippen LogP contribution in [0.3, 0.4) is 0 Å². The maximum Gasteiger partial charge on any atom is 0.241 e. The minimum atomic E-state index is -0.137. The van der Waals surface area contributed by atoms with E-state index in [1.807, 2.05) is 19.1 Å². The van der Waals surface area contributed by atoms with Crippen molar-refractivity contribution < 1.29 is 9.59 Å². The van der Waals surface area contributed by atoms with Crippen molar-refractivity contribution in [3.63, 3.8) is 0 Å². The molecule has 1 atom stereocenters. The van der Waals surface area contributed by atoms with E-state index in [0.29, 0.717) is 11.4 Å². The molecule has 120 valence electrons. The van der Waals surface area contributed by atoms with Crippen molar-refractivity contribution in [1.82, 2.24) is 4.90 Å². The van der Waals surface area contributed by atoms with Gasteiger partial charge in [-0.3, -0.25) is 14.5 Å². The Hall–Kier alpha value is -1.88. The predicted molar refractivity (Wildman–Crippen MR) is 88.9 cm³/mol. The number of anilines is 2. The van der Waals surface area contributed by atoms with Crippen LogP contribution in [0.25, 0.3) is 0 Å². The van der Waals surface area contributed by atoms with Crippen LogP contribution in [0.4, 0.5) is 11.4 Å². The van der Waals surface area contributed by atoms with Crippen LogP contribution >= 0.6 is 0 Å². The molecular weight excluding hydrogens is 278 g/mol. The highest BCUT2D eigenvalue weighted by atomic mass is 16.2. The summed E-state index contributed by atoms with van der Waals surface area (Å²) in [7, 11) is 0. The van der Waals surface area contributed by atoms with Gasteiger partial charge in [-0.2, -0.15) is 0 Å². The highest BCUT2D eigenvalue weighted by Gasteiger charge is 2.22. The standard InChI is InChI=1S/C17H25N3O2/c1-13(20-10-5-3-4-6-11-20)17(22)19-16-9-7-8-15(12-16)18-14(2)21/h7-9,12-13H,3-6,10-11H2,1-2H3,(H,18,21)(H,19,22). The van der Waals surface area contributed by atoms with E-state index in [0.717, 1.165) is 25.9 Å². The third kappa shape index (κ3) is 4.84. The zero-order valence-corrected chi connectivity index (χ0v) is 13.4. The van der Waals surface area contributed by atoms with Gasteiger partial charge in [-0.25, -0.2) is 0 Å². The highest BCUT2D eigenvalue weighted by molar-refractivity contribution is 5.96. The average molecular weight is 303 g/mol. The summed E-state index contributed by atoms with van der Waals surface area (Å²) in [5, 5.41) is 5.66. The Morgan fingerprint density at radius 3 is 2.23 bits per heavy atom. The van der Waals surface area contributed by atoms with Gasteiger partial charge in [0, 0.05) is 18.3 Å². The van der Waals surface area contributed by atoms with Gasteiger partial charge in [0.25, 0.3) is 0 Å². The van der Waals surface area contributed by atoms with E-state index >= 15 is 0 Å². The number of carbonyl (C=O) groups excluding carboxylic acids is 2. The number of hydrogen-bond acceptors (Lipinski definition) is 3. The lowest BCUT2D eigenvalue weighted by molar-refractivity contribution is -0.120. The fourth-order valence-corrected chi connectivity index (χ4v) is 2.77. The number of nitrogens with one attached hydrogen (secondary N) is 2. The molecular formula is C17H25N3O2. The maximum atomic E-state index is 12.4. The van der Waals surface area contributed by atoms with Crippen LogP contribution in [0.15, 0.2) is 24.3 Å². The second-order valence-electron chi connectivity index (χ2n) is 5.88. The molecule has 1 aromatic carbocycles. The number of benzene rings is 1. The van der Waals surface area contributed by atoms with Gasteiger partial charge in [-0.05, 0) is 51.1 Å². The minimum Gasteiger partial charge on any atom is -0.326 e. The van der Waals surface area contributed by atoms with Gasteiger partial charge in [0.05, 0.1) is 6.04 Å². The summed E-state index contributed by atoms with van der Waals surface area (Å²) >= 11 is 0. The summed E-state index contributed by atoms with van der Waals surface area (Å²) in [4.78, 5) is 25.8. The molecule has 1 fully saturated rings. The second kappa shape index (κ2) is 7.94. The predicted octanol–water partition coefficient (Wildman–Crippen LogP) is 2.85. The molecule has 2 rings (SSSR count). The molecule has 1 aliphatic heterocycles. The SMILES string of the molecule is CC(=O)Nc1cccc(NC(=O)C(C)N2CCCCCC2)c1. The lowest BCUT2D eigenvalue weighted by Crippen LogP contribution is -2.42. The van der Waals surface area contributed by atoms with Crippen LogP contribution < -0.4 is 10.6 Å². The topological polar surface area (TPSA) is 61.4 Å². The van der Waals surface area contributed by atoms with Crippen molar-refractivity contribution in [2.75, 3.05) is 23.7 Å². The average Bonchev–Trinajstić information content (AvgIpc) is 2.75. The van der Waals surface area contributed by atoms with E-state index in [1.165, 1.54) is 19.8 Å². The Morgan fingerprint density at radius 1 is 1.05 bits per heavy atom. The molecule has 22 heavy (non-hydrogen) atoms. The summed E-state index contributed by atoms with van der Waals surface area (Å²) in [6.45, 7) is 5.39. The number of carbonyl (C=O) groups is 2.